The summed E-state index contributed by atoms with van der Waals surface area (Å²) >= 11 is 0. The quantitative estimate of drug-likeness (QED) is 0.176. The Morgan fingerprint density at radius 3 is 2.38 bits per heavy atom. The highest BCUT2D eigenvalue weighted by Gasteiger charge is 2.44. The number of imide groups is 1. The number of ether oxygens (including phenoxy) is 1. The maximum Gasteiger partial charge on any atom is 0.255 e. The summed E-state index contributed by atoms with van der Waals surface area (Å²) in [4.78, 5) is 60.6. The van der Waals surface area contributed by atoms with Crippen LogP contribution in [0.2, 0.25) is 0 Å². The molecule has 17 heteroatoms. The lowest BCUT2D eigenvalue weighted by atomic mass is 9.71. The van der Waals surface area contributed by atoms with Crippen molar-refractivity contribution >= 4 is 40.2 Å². The fourth-order valence-corrected chi connectivity index (χ4v) is 11.4. The topological polar surface area (TPSA) is 134 Å². The van der Waals surface area contributed by atoms with E-state index in [-0.39, 0.29) is 54.6 Å². The molecule has 7 heterocycles. The van der Waals surface area contributed by atoms with Crippen molar-refractivity contribution in [2.75, 3.05) is 51.3 Å². The van der Waals surface area contributed by atoms with Crippen LogP contribution in [0.1, 0.15) is 95.2 Å². The first kappa shape index (κ1) is 41.5. The molecular formula is C46H50F4N8O5. The van der Waals surface area contributed by atoms with Crippen molar-refractivity contribution in [2.45, 2.75) is 96.1 Å². The van der Waals surface area contributed by atoms with Gasteiger partial charge < -0.3 is 19.4 Å². The van der Waals surface area contributed by atoms with Crippen molar-refractivity contribution in [2.24, 2.45) is 5.41 Å². The summed E-state index contributed by atoms with van der Waals surface area (Å²) in [7, 11) is 1.56. The highest BCUT2D eigenvalue weighted by molar-refractivity contribution is 6.06. The molecule has 1 aromatic heterocycles. The molecule has 332 valence electrons. The standard InChI is InChI=1S/C46H50F4N8O5/c1-25-15-29-28(3-4-36-31(29)19-51-53-36)42(57(25)23-38(49)50)41-34(47)17-27(18-35(41)48)55-11-7-46(8-12-55)9-13-56(14-10-46)40(60)24-54-20-26-16-30-33(43(63-2)32(26)21-54)22-58(45(30)62)37-5-6-39(59)52-44(37)61/h3-4,16-19,25,37-38,42H,5-15,20-24H2,1-2H3,(H,51,53)(H,52,59,61)/t25-,37?,42+/m1/s1. The number of anilines is 1. The molecule has 0 saturated carbocycles. The third-order valence-corrected chi connectivity index (χ3v) is 14.8. The third kappa shape index (κ3) is 7.20. The van der Waals surface area contributed by atoms with Crippen LogP contribution >= 0.6 is 0 Å². The van der Waals surface area contributed by atoms with Crippen molar-refractivity contribution in [1.82, 2.24) is 35.1 Å². The minimum atomic E-state index is -2.68. The van der Waals surface area contributed by atoms with E-state index in [0.29, 0.717) is 68.3 Å². The zero-order chi connectivity index (χ0) is 43.9. The molecule has 1 spiro atoms. The van der Waals surface area contributed by atoms with E-state index in [1.54, 1.807) is 25.4 Å². The molecule has 0 bridgehead atoms. The number of carbonyl (C=O) groups excluding carboxylic acids is 4. The predicted molar refractivity (Wildman–Crippen MR) is 223 cm³/mol. The molecule has 0 aliphatic carbocycles. The number of aromatic nitrogens is 2. The maximum atomic E-state index is 16.4. The Labute approximate surface area is 361 Å². The minimum Gasteiger partial charge on any atom is -0.496 e. The fourth-order valence-electron chi connectivity index (χ4n) is 11.4. The van der Waals surface area contributed by atoms with Crippen LogP contribution in [0.15, 0.2) is 36.5 Å². The smallest absolute Gasteiger partial charge is 0.255 e. The Morgan fingerprint density at radius 2 is 1.68 bits per heavy atom. The lowest BCUT2D eigenvalue weighted by Gasteiger charge is -2.47. The Kier molecular flexibility index (Phi) is 10.5. The van der Waals surface area contributed by atoms with Gasteiger partial charge in [0.1, 0.15) is 23.4 Å². The second kappa shape index (κ2) is 15.9. The second-order valence-corrected chi connectivity index (χ2v) is 18.3. The van der Waals surface area contributed by atoms with Crippen LogP contribution in [-0.2, 0) is 40.4 Å². The van der Waals surface area contributed by atoms with Gasteiger partial charge >= 0.3 is 0 Å². The molecule has 10 rings (SSSR count). The van der Waals surface area contributed by atoms with Crippen LogP contribution in [0.25, 0.3) is 10.9 Å². The number of halogens is 4. The third-order valence-electron chi connectivity index (χ3n) is 14.8. The highest BCUT2D eigenvalue weighted by Crippen LogP contribution is 2.46. The van der Waals surface area contributed by atoms with Gasteiger partial charge in [0.25, 0.3) is 12.3 Å². The van der Waals surface area contributed by atoms with Gasteiger partial charge in [0.05, 0.1) is 44.5 Å². The SMILES string of the molecule is COc1c2c(cc3c1CN(C1CCC(=O)NC1=O)C3=O)CN(CC(=O)N1CCC3(CC1)CCN(c1cc(F)c([C@@H]4c5ccc6[nH]ncc6c5C[C@@H](C)N4CC(F)F)c(F)c1)CC3)C2. The number of piperidine rings is 3. The molecule has 3 atom stereocenters. The number of nitrogens with zero attached hydrogens (tertiary/aromatic N) is 6. The van der Waals surface area contributed by atoms with Crippen LogP contribution in [-0.4, -0.2) is 118 Å². The number of fused-ring (bicyclic) bond motifs is 5. The van der Waals surface area contributed by atoms with Gasteiger partial charge in [-0.1, -0.05) is 6.07 Å². The van der Waals surface area contributed by atoms with Crippen molar-refractivity contribution in [1.29, 1.82) is 0 Å². The normalized spacial score (nSPS) is 23.8. The molecule has 3 saturated heterocycles. The van der Waals surface area contributed by atoms with Crippen molar-refractivity contribution < 1.29 is 41.5 Å². The molecule has 3 aromatic carbocycles. The lowest BCUT2D eigenvalue weighted by Crippen LogP contribution is -2.52. The number of methoxy groups -OCH3 is 1. The van der Waals surface area contributed by atoms with Crippen LogP contribution in [0, 0.1) is 17.0 Å². The predicted octanol–water partition coefficient (Wildman–Crippen LogP) is 5.44. The molecule has 6 aliphatic rings. The van der Waals surface area contributed by atoms with Crippen LogP contribution in [0.5, 0.6) is 5.75 Å². The van der Waals surface area contributed by atoms with Crippen molar-refractivity contribution in [3.63, 3.8) is 0 Å². The molecule has 1 unspecified atom stereocenters. The van der Waals surface area contributed by atoms with Gasteiger partial charge in [-0.15, -0.1) is 0 Å². The Hall–Kier alpha value is -5.55. The monoisotopic (exact) mass is 870 g/mol. The number of aromatic amines is 1. The second-order valence-electron chi connectivity index (χ2n) is 18.3. The zero-order valence-corrected chi connectivity index (χ0v) is 35.3. The molecule has 0 radical (unpaired) electrons. The van der Waals surface area contributed by atoms with E-state index in [1.807, 2.05) is 22.8 Å². The Balaban J connectivity index is 0.765. The number of nitrogens with one attached hydrogen (secondary N) is 2. The van der Waals surface area contributed by atoms with Gasteiger partial charge in [0.2, 0.25) is 17.7 Å². The van der Waals surface area contributed by atoms with E-state index in [2.05, 4.69) is 20.4 Å². The van der Waals surface area contributed by atoms with E-state index in [4.69, 9.17) is 4.74 Å². The minimum absolute atomic E-state index is 0.00646. The van der Waals surface area contributed by atoms with Gasteiger partial charge in [0.15, 0.2) is 0 Å². The molecule has 6 aliphatic heterocycles. The molecule has 3 fully saturated rings. The molecule has 63 heavy (non-hydrogen) atoms. The van der Waals surface area contributed by atoms with Crippen molar-refractivity contribution in [3.8, 4) is 5.75 Å². The number of amides is 4. The van der Waals surface area contributed by atoms with E-state index in [0.717, 1.165) is 58.8 Å². The average Bonchev–Trinajstić information content (AvgIpc) is 3.98. The van der Waals surface area contributed by atoms with Gasteiger partial charge in [-0.2, -0.15) is 5.10 Å². The number of alkyl halides is 2. The van der Waals surface area contributed by atoms with Gasteiger partial charge in [-0.05, 0) is 91.8 Å². The fraction of sp³-hybridized carbons (Fsp3) is 0.500. The van der Waals surface area contributed by atoms with Crippen LogP contribution in [0.3, 0.4) is 0 Å². The van der Waals surface area contributed by atoms with Crippen LogP contribution < -0.4 is 15.0 Å². The van der Waals surface area contributed by atoms with Crippen molar-refractivity contribution in [3.05, 3.63) is 87.1 Å². The maximum absolute atomic E-state index is 16.4. The molecule has 4 aromatic rings. The van der Waals surface area contributed by atoms with E-state index < -0.39 is 48.6 Å². The van der Waals surface area contributed by atoms with E-state index >= 15 is 8.78 Å². The van der Waals surface area contributed by atoms with Gasteiger partial charge in [-0.3, -0.25) is 39.4 Å². The molecule has 13 nitrogen and oxygen atoms in total. The summed E-state index contributed by atoms with van der Waals surface area (Å²) in [6.45, 7) is 4.99. The summed E-state index contributed by atoms with van der Waals surface area (Å²) < 4.78 is 66.4. The summed E-state index contributed by atoms with van der Waals surface area (Å²) in [6, 6.07) is 5.96. The highest BCUT2D eigenvalue weighted by atomic mass is 19.3. The largest absolute Gasteiger partial charge is 0.496 e. The molecular weight excluding hydrogens is 821 g/mol. The first-order valence-electron chi connectivity index (χ1n) is 21.9. The number of hydrogen-bond acceptors (Lipinski definition) is 9. The Morgan fingerprint density at radius 1 is 0.952 bits per heavy atom. The number of carbonyl (C=O) groups is 4. The summed E-state index contributed by atoms with van der Waals surface area (Å²) in [5, 5.41) is 10.2. The number of H-pyrrole nitrogens is 1. The first-order valence-corrected chi connectivity index (χ1v) is 21.9. The van der Waals surface area contributed by atoms with Gasteiger partial charge in [0, 0.05) is 85.1 Å². The molecule has 2 N–H and O–H groups in total. The number of hydrogen-bond donors (Lipinski definition) is 2. The average molecular weight is 871 g/mol. The number of rotatable bonds is 8. The first-order chi connectivity index (χ1) is 30.3. The number of benzene rings is 3. The van der Waals surface area contributed by atoms with Gasteiger partial charge in [-0.25, -0.2) is 17.6 Å². The Bertz CT molecular complexity index is 2510. The summed E-state index contributed by atoms with van der Waals surface area (Å²) in [5.74, 6) is -1.96. The summed E-state index contributed by atoms with van der Waals surface area (Å²) in [5.41, 5.74) is 5.49. The number of likely N-dealkylation sites (tertiary alicyclic amines) is 1. The summed E-state index contributed by atoms with van der Waals surface area (Å²) in [6.07, 6.45) is 3.15. The van der Waals surface area contributed by atoms with E-state index in [9.17, 15) is 28.0 Å². The van der Waals surface area contributed by atoms with Crippen LogP contribution in [0.4, 0.5) is 23.2 Å². The molecule has 4 amide bonds. The lowest BCUT2D eigenvalue weighted by molar-refractivity contribution is -0.137. The van der Waals surface area contributed by atoms with E-state index in [1.165, 1.54) is 21.9 Å². The zero-order valence-electron chi connectivity index (χ0n) is 35.3.